The molecule has 0 aliphatic carbocycles. The van der Waals surface area contributed by atoms with E-state index in [9.17, 15) is 4.79 Å². The summed E-state index contributed by atoms with van der Waals surface area (Å²) in [5, 5.41) is 0. The first-order chi connectivity index (χ1) is 14.6. The lowest BCUT2D eigenvalue weighted by Gasteiger charge is -2.29. The smallest absolute Gasteiger partial charge is 0.233 e. The van der Waals surface area contributed by atoms with Crippen LogP contribution < -0.4 is 14.2 Å². The molecule has 4 rings (SSSR count). The fourth-order valence-corrected chi connectivity index (χ4v) is 5.51. The highest BCUT2D eigenvalue weighted by Crippen LogP contribution is 2.34. The molecule has 30 heavy (non-hydrogen) atoms. The molecule has 0 unspecified atom stereocenters. The van der Waals surface area contributed by atoms with Gasteiger partial charge < -0.3 is 19.1 Å². The first kappa shape index (κ1) is 20.8. The van der Waals surface area contributed by atoms with Crippen LogP contribution in [-0.2, 0) is 17.8 Å². The molecule has 0 fully saturated rings. The number of hydrogen-bond donors (Lipinski definition) is 0. The third-order valence-corrected chi connectivity index (χ3v) is 7.19. The van der Waals surface area contributed by atoms with Gasteiger partial charge in [0.1, 0.15) is 5.75 Å². The number of amides is 1. The number of thiazole rings is 1. The van der Waals surface area contributed by atoms with Crippen LogP contribution in [0.1, 0.15) is 18.1 Å². The lowest BCUT2D eigenvalue weighted by atomic mass is 9.99. The van der Waals surface area contributed by atoms with Crippen molar-refractivity contribution in [3.05, 3.63) is 41.5 Å². The molecule has 2 aromatic carbocycles. The normalized spacial score (nSPS) is 13.2. The first-order valence-corrected chi connectivity index (χ1v) is 11.6. The Morgan fingerprint density at radius 3 is 2.67 bits per heavy atom. The van der Waals surface area contributed by atoms with Crippen LogP contribution in [0.4, 0.5) is 0 Å². The summed E-state index contributed by atoms with van der Waals surface area (Å²) in [5.74, 6) is 2.77. The predicted molar refractivity (Wildman–Crippen MR) is 120 cm³/mol. The number of aromatic nitrogens is 1. The van der Waals surface area contributed by atoms with Gasteiger partial charge in [-0.1, -0.05) is 11.8 Å². The van der Waals surface area contributed by atoms with E-state index < -0.39 is 0 Å². The van der Waals surface area contributed by atoms with Gasteiger partial charge in [-0.25, -0.2) is 4.98 Å². The number of methoxy groups -OCH3 is 2. The molecule has 8 heteroatoms. The molecule has 3 aromatic rings. The molecule has 1 amide bonds. The monoisotopic (exact) mass is 444 g/mol. The molecular weight excluding hydrogens is 420 g/mol. The molecule has 158 valence electrons. The van der Waals surface area contributed by atoms with Crippen molar-refractivity contribution in [2.75, 3.05) is 33.1 Å². The zero-order chi connectivity index (χ0) is 21.1. The van der Waals surface area contributed by atoms with Gasteiger partial charge in [-0.15, -0.1) is 11.3 Å². The van der Waals surface area contributed by atoms with E-state index in [0.29, 0.717) is 31.2 Å². The van der Waals surface area contributed by atoms with Gasteiger partial charge in [0.2, 0.25) is 5.91 Å². The number of ether oxygens (including phenoxy) is 3. The van der Waals surface area contributed by atoms with Crippen LogP contribution in [0.15, 0.2) is 34.7 Å². The van der Waals surface area contributed by atoms with Gasteiger partial charge in [-0.2, -0.15) is 0 Å². The highest BCUT2D eigenvalue weighted by molar-refractivity contribution is 8.01. The molecule has 0 atom stereocenters. The van der Waals surface area contributed by atoms with Crippen molar-refractivity contribution in [2.24, 2.45) is 0 Å². The van der Waals surface area contributed by atoms with Gasteiger partial charge >= 0.3 is 0 Å². The number of hydrogen-bond acceptors (Lipinski definition) is 7. The van der Waals surface area contributed by atoms with Crippen molar-refractivity contribution in [3.63, 3.8) is 0 Å². The topological polar surface area (TPSA) is 60.9 Å². The van der Waals surface area contributed by atoms with E-state index in [4.69, 9.17) is 14.2 Å². The zero-order valence-electron chi connectivity index (χ0n) is 17.3. The number of benzene rings is 2. The van der Waals surface area contributed by atoms with Gasteiger partial charge in [-0.3, -0.25) is 4.79 Å². The van der Waals surface area contributed by atoms with Crippen molar-refractivity contribution < 1.29 is 19.0 Å². The second-order valence-electron chi connectivity index (χ2n) is 6.87. The molecular formula is C22H24N2O4S2. The van der Waals surface area contributed by atoms with E-state index in [0.717, 1.165) is 38.0 Å². The molecule has 0 saturated heterocycles. The first-order valence-electron chi connectivity index (χ1n) is 9.79. The fourth-order valence-electron chi connectivity index (χ4n) is 3.51. The Labute approximate surface area is 184 Å². The van der Waals surface area contributed by atoms with Gasteiger partial charge in [0.15, 0.2) is 15.8 Å². The minimum atomic E-state index is 0.120. The van der Waals surface area contributed by atoms with Gasteiger partial charge in [0, 0.05) is 13.1 Å². The molecule has 2 heterocycles. The number of carbonyl (C=O) groups excluding carboxylic acids is 1. The summed E-state index contributed by atoms with van der Waals surface area (Å²) in [4.78, 5) is 19.4. The van der Waals surface area contributed by atoms with Crippen molar-refractivity contribution in [1.82, 2.24) is 9.88 Å². The lowest BCUT2D eigenvalue weighted by Crippen LogP contribution is -2.37. The van der Waals surface area contributed by atoms with Gasteiger partial charge in [0.25, 0.3) is 0 Å². The lowest BCUT2D eigenvalue weighted by molar-refractivity contribution is -0.129. The summed E-state index contributed by atoms with van der Waals surface area (Å²) in [5.41, 5.74) is 3.26. The van der Waals surface area contributed by atoms with Gasteiger partial charge in [-0.05, 0) is 54.8 Å². The second-order valence-corrected chi connectivity index (χ2v) is 9.13. The van der Waals surface area contributed by atoms with Crippen molar-refractivity contribution in [3.8, 4) is 17.2 Å². The Kier molecular flexibility index (Phi) is 6.34. The quantitative estimate of drug-likeness (QED) is 0.504. The average molecular weight is 445 g/mol. The minimum absolute atomic E-state index is 0.120. The molecule has 6 nitrogen and oxygen atoms in total. The maximum atomic E-state index is 12.8. The second kappa shape index (κ2) is 9.14. The Bertz CT molecular complexity index is 1070. The highest BCUT2D eigenvalue weighted by atomic mass is 32.2. The molecule has 0 saturated carbocycles. The number of nitrogens with zero attached hydrogens (tertiary/aromatic N) is 2. The van der Waals surface area contributed by atoms with Gasteiger partial charge in [0.05, 0.1) is 36.8 Å². The van der Waals surface area contributed by atoms with E-state index in [1.165, 1.54) is 17.3 Å². The Morgan fingerprint density at radius 2 is 1.93 bits per heavy atom. The molecule has 1 aromatic heterocycles. The van der Waals surface area contributed by atoms with E-state index in [1.807, 2.05) is 42.2 Å². The zero-order valence-corrected chi connectivity index (χ0v) is 18.9. The standard InChI is InChI=1S/C22H24N2O4S2/c1-4-28-16-5-6-17-20(11-16)30-22(23-17)29-13-21(25)24-8-7-14-9-18(26-2)19(27-3)10-15(14)12-24/h5-6,9-11H,4,7-8,12-13H2,1-3H3. The Balaban J connectivity index is 1.41. The summed E-state index contributed by atoms with van der Waals surface area (Å²) in [7, 11) is 3.27. The summed E-state index contributed by atoms with van der Waals surface area (Å²) in [6.45, 7) is 3.90. The highest BCUT2D eigenvalue weighted by Gasteiger charge is 2.23. The van der Waals surface area contributed by atoms with E-state index in [2.05, 4.69) is 4.98 Å². The third-order valence-electron chi connectivity index (χ3n) is 5.04. The Morgan fingerprint density at radius 1 is 1.17 bits per heavy atom. The van der Waals surface area contributed by atoms with Crippen LogP contribution in [-0.4, -0.2) is 48.9 Å². The van der Waals surface area contributed by atoms with Crippen LogP contribution >= 0.6 is 23.1 Å². The SMILES string of the molecule is CCOc1ccc2nc(SCC(=O)N3CCc4cc(OC)c(OC)cc4C3)sc2c1. The largest absolute Gasteiger partial charge is 0.494 e. The molecule has 0 radical (unpaired) electrons. The van der Waals surface area contributed by atoms with Crippen LogP contribution in [0.25, 0.3) is 10.2 Å². The number of carbonyl (C=O) groups is 1. The number of rotatable bonds is 7. The van der Waals surface area contributed by atoms with Crippen LogP contribution in [0.5, 0.6) is 17.2 Å². The molecule has 0 spiro atoms. The van der Waals surface area contributed by atoms with Crippen molar-refractivity contribution in [2.45, 2.75) is 24.2 Å². The molecule has 0 bridgehead atoms. The molecule has 0 N–H and O–H groups in total. The Hall–Kier alpha value is -2.45. The van der Waals surface area contributed by atoms with Crippen molar-refractivity contribution >= 4 is 39.2 Å². The maximum absolute atomic E-state index is 12.8. The van der Waals surface area contributed by atoms with Crippen molar-refractivity contribution in [1.29, 1.82) is 0 Å². The van der Waals surface area contributed by atoms with Crippen LogP contribution in [0.2, 0.25) is 0 Å². The maximum Gasteiger partial charge on any atom is 0.233 e. The van der Waals surface area contributed by atoms with Crippen LogP contribution in [0, 0.1) is 0 Å². The number of thioether (sulfide) groups is 1. The van der Waals surface area contributed by atoms with Crippen LogP contribution in [0.3, 0.4) is 0 Å². The third kappa shape index (κ3) is 4.34. The van der Waals surface area contributed by atoms with E-state index in [1.54, 1.807) is 25.6 Å². The molecule has 1 aliphatic rings. The summed E-state index contributed by atoms with van der Waals surface area (Å²) in [6.07, 6.45) is 0.813. The average Bonchev–Trinajstić information content (AvgIpc) is 3.18. The molecule has 1 aliphatic heterocycles. The fraction of sp³-hybridized carbons (Fsp3) is 0.364. The summed E-state index contributed by atoms with van der Waals surface area (Å²) < 4.78 is 18.3. The van der Waals surface area contributed by atoms with E-state index in [-0.39, 0.29) is 5.91 Å². The van der Waals surface area contributed by atoms with E-state index >= 15 is 0 Å². The predicted octanol–water partition coefficient (Wildman–Crippen LogP) is 4.39. The number of fused-ring (bicyclic) bond motifs is 2. The minimum Gasteiger partial charge on any atom is -0.494 e. The summed E-state index contributed by atoms with van der Waals surface area (Å²) in [6, 6.07) is 9.89. The summed E-state index contributed by atoms with van der Waals surface area (Å²) >= 11 is 3.09.